The van der Waals surface area contributed by atoms with Crippen LogP contribution in [0, 0.1) is 0 Å². The Bertz CT molecular complexity index is 702. The maximum atomic E-state index is 12.1. The summed E-state index contributed by atoms with van der Waals surface area (Å²) < 4.78 is 27.5. The van der Waals surface area contributed by atoms with Gasteiger partial charge in [0.05, 0.1) is 15.6 Å². The van der Waals surface area contributed by atoms with Crippen LogP contribution >= 0.6 is 27.5 Å². The van der Waals surface area contributed by atoms with E-state index in [1.807, 2.05) is 0 Å². The highest BCUT2D eigenvalue weighted by atomic mass is 79.9. The molecular formula is C12H10BrClN2O2S. The van der Waals surface area contributed by atoms with Gasteiger partial charge in [-0.05, 0) is 42.5 Å². The maximum absolute atomic E-state index is 12.1. The number of anilines is 2. The molecule has 0 aliphatic heterocycles. The molecule has 0 heterocycles. The zero-order valence-electron chi connectivity index (χ0n) is 9.60. The van der Waals surface area contributed by atoms with Crippen molar-refractivity contribution in [3.63, 3.8) is 0 Å². The number of nitrogen functional groups attached to an aromatic ring is 1. The summed E-state index contributed by atoms with van der Waals surface area (Å²) >= 11 is 9.22. The fraction of sp³-hybridized carbons (Fsp3) is 0. The van der Waals surface area contributed by atoms with Gasteiger partial charge in [-0.2, -0.15) is 0 Å². The number of halogens is 2. The summed E-state index contributed by atoms with van der Waals surface area (Å²) in [5.74, 6) is 0. The average Bonchev–Trinajstić information content (AvgIpc) is 2.33. The van der Waals surface area contributed by atoms with Gasteiger partial charge < -0.3 is 5.73 Å². The van der Waals surface area contributed by atoms with Crippen molar-refractivity contribution in [1.29, 1.82) is 0 Å². The van der Waals surface area contributed by atoms with Crippen molar-refractivity contribution in [1.82, 2.24) is 0 Å². The van der Waals surface area contributed by atoms with Crippen LogP contribution in [-0.4, -0.2) is 8.42 Å². The van der Waals surface area contributed by atoms with Crippen LogP contribution in [0.3, 0.4) is 0 Å². The highest BCUT2D eigenvalue weighted by Crippen LogP contribution is 2.27. The quantitative estimate of drug-likeness (QED) is 0.822. The van der Waals surface area contributed by atoms with Crippen LogP contribution in [0.5, 0.6) is 0 Å². The molecule has 2 aromatic rings. The first-order chi connectivity index (χ1) is 8.88. The lowest BCUT2D eigenvalue weighted by Crippen LogP contribution is -2.13. The molecule has 7 heteroatoms. The molecule has 0 saturated heterocycles. The predicted octanol–water partition coefficient (Wildman–Crippen LogP) is 3.49. The minimum atomic E-state index is -3.67. The van der Waals surface area contributed by atoms with E-state index in [4.69, 9.17) is 17.3 Å². The van der Waals surface area contributed by atoms with Crippen LogP contribution in [0.2, 0.25) is 5.02 Å². The Balaban J connectivity index is 2.33. The van der Waals surface area contributed by atoms with Crippen molar-refractivity contribution in [2.75, 3.05) is 10.5 Å². The fourth-order valence-corrected chi connectivity index (χ4v) is 3.28. The standard InChI is InChI=1S/C12H10BrClN2O2S/c13-8-1-6-12(11(14)7-8)16-19(17,18)10-4-2-9(15)3-5-10/h1-7,16H,15H2. The molecule has 4 nitrogen and oxygen atoms in total. The van der Waals surface area contributed by atoms with E-state index < -0.39 is 10.0 Å². The molecule has 0 amide bonds. The van der Waals surface area contributed by atoms with Gasteiger partial charge in [0.25, 0.3) is 10.0 Å². The Labute approximate surface area is 124 Å². The van der Waals surface area contributed by atoms with Crippen LogP contribution in [0.15, 0.2) is 51.8 Å². The fourth-order valence-electron chi connectivity index (χ4n) is 1.42. The first kappa shape index (κ1) is 14.2. The number of rotatable bonds is 3. The monoisotopic (exact) mass is 360 g/mol. The molecule has 0 atom stereocenters. The molecule has 0 bridgehead atoms. The van der Waals surface area contributed by atoms with E-state index in [1.165, 1.54) is 24.3 Å². The van der Waals surface area contributed by atoms with Crippen LogP contribution in [0.1, 0.15) is 0 Å². The number of nitrogens with one attached hydrogen (secondary N) is 1. The molecule has 2 aromatic carbocycles. The van der Waals surface area contributed by atoms with E-state index >= 15 is 0 Å². The van der Waals surface area contributed by atoms with Gasteiger partial charge in [0, 0.05) is 10.2 Å². The van der Waals surface area contributed by atoms with E-state index in [-0.39, 0.29) is 4.90 Å². The van der Waals surface area contributed by atoms with Crippen molar-refractivity contribution in [3.8, 4) is 0 Å². The van der Waals surface area contributed by atoms with Crippen molar-refractivity contribution in [3.05, 3.63) is 52.0 Å². The maximum Gasteiger partial charge on any atom is 0.261 e. The lowest BCUT2D eigenvalue weighted by atomic mass is 10.3. The van der Waals surface area contributed by atoms with Crippen LogP contribution in [-0.2, 0) is 10.0 Å². The highest BCUT2D eigenvalue weighted by molar-refractivity contribution is 9.10. The van der Waals surface area contributed by atoms with Gasteiger partial charge >= 0.3 is 0 Å². The van der Waals surface area contributed by atoms with Crippen molar-refractivity contribution < 1.29 is 8.42 Å². The molecule has 0 aliphatic rings. The van der Waals surface area contributed by atoms with Gasteiger partial charge in [0.1, 0.15) is 0 Å². The zero-order chi connectivity index (χ0) is 14.0. The molecule has 0 spiro atoms. The predicted molar refractivity (Wildman–Crippen MR) is 80.8 cm³/mol. The number of benzene rings is 2. The van der Waals surface area contributed by atoms with Gasteiger partial charge in [0.2, 0.25) is 0 Å². The van der Waals surface area contributed by atoms with Crippen LogP contribution in [0.4, 0.5) is 11.4 Å². The minimum Gasteiger partial charge on any atom is -0.399 e. The molecule has 0 saturated carbocycles. The Kier molecular flexibility index (Phi) is 4.03. The molecule has 19 heavy (non-hydrogen) atoms. The van der Waals surface area contributed by atoms with E-state index in [0.29, 0.717) is 16.4 Å². The first-order valence-electron chi connectivity index (χ1n) is 5.22. The molecule has 0 aliphatic carbocycles. The third-order valence-corrected chi connectivity index (χ3v) is 4.55. The summed E-state index contributed by atoms with van der Waals surface area (Å²) in [7, 11) is -3.67. The molecule has 2 rings (SSSR count). The number of hydrogen-bond donors (Lipinski definition) is 2. The number of hydrogen-bond acceptors (Lipinski definition) is 3. The minimum absolute atomic E-state index is 0.126. The van der Waals surface area contributed by atoms with E-state index in [0.717, 1.165) is 4.47 Å². The molecular weight excluding hydrogens is 352 g/mol. The number of sulfonamides is 1. The van der Waals surface area contributed by atoms with Gasteiger partial charge in [-0.25, -0.2) is 8.42 Å². The lowest BCUT2D eigenvalue weighted by Gasteiger charge is -2.10. The normalized spacial score (nSPS) is 11.3. The summed E-state index contributed by atoms with van der Waals surface area (Å²) in [4.78, 5) is 0.126. The van der Waals surface area contributed by atoms with Gasteiger partial charge in [-0.15, -0.1) is 0 Å². The average molecular weight is 362 g/mol. The van der Waals surface area contributed by atoms with Crippen LogP contribution in [0.25, 0.3) is 0 Å². The van der Waals surface area contributed by atoms with Crippen LogP contribution < -0.4 is 10.5 Å². The van der Waals surface area contributed by atoms with Crippen molar-refractivity contribution in [2.45, 2.75) is 4.90 Å². The molecule has 3 N–H and O–H groups in total. The Morgan fingerprint density at radius 1 is 1.11 bits per heavy atom. The Hall–Kier alpha value is -1.24. The third-order valence-electron chi connectivity index (χ3n) is 2.37. The molecule has 0 unspecified atom stereocenters. The van der Waals surface area contributed by atoms with E-state index in [9.17, 15) is 8.42 Å². The first-order valence-corrected chi connectivity index (χ1v) is 7.87. The summed E-state index contributed by atoms with van der Waals surface area (Å²) in [6, 6.07) is 10.8. The molecule has 0 radical (unpaired) electrons. The Morgan fingerprint density at radius 3 is 2.32 bits per heavy atom. The third kappa shape index (κ3) is 3.40. The smallest absolute Gasteiger partial charge is 0.261 e. The SMILES string of the molecule is Nc1ccc(S(=O)(=O)Nc2ccc(Br)cc2Cl)cc1. The second kappa shape index (κ2) is 5.40. The molecule has 0 fully saturated rings. The lowest BCUT2D eigenvalue weighted by molar-refractivity contribution is 0.601. The highest BCUT2D eigenvalue weighted by Gasteiger charge is 2.15. The van der Waals surface area contributed by atoms with E-state index in [2.05, 4.69) is 20.7 Å². The van der Waals surface area contributed by atoms with Gasteiger partial charge in [0.15, 0.2) is 0 Å². The second-order valence-corrected chi connectivity index (χ2v) is 6.80. The number of nitrogens with two attached hydrogens (primary N) is 1. The largest absolute Gasteiger partial charge is 0.399 e. The Morgan fingerprint density at radius 2 is 1.74 bits per heavy atom. The topological polar surface area (TPSA) is 72.2 Å². The summed E-state index contributed by atoms with van der Waals surface area (Å²) in [6.07, 6.45) is 0. The van der Waals surface area contributed by atoms with Gasteiger partial charge in [-0.1, -0.05) is 27.5 Å². The molecule has 100 valence electrons. The second-order valence-electron chi connectivity index (χ2n) is 3.80. The van der Waals surface area contributed by atoms with Gasteiger partial charge in [-0.3, -0.25) is 4.72 Å². The zero-order valence-corrected chi connectivity index (χ0v) is 12.8. The summed E-state index contributed by atoms with van der Waals surface area (Å²) in [5.41, 5.74) is 6.34. The van der Waals surface area contributed by atoms with E-state index in [1.54, 1.807) is 18.2 Å². The summed E-state index contributed by atoms with van der Waals surface area (Å²) in [6.45, 7) is 0. The molecule has 0 aromatic heterocycles. The van der Waals surface area contributed by atoms with Crippen molar-refractivity contribution >= 4 is 48.9 Å². The van der Waals surface area contributed by atoms with Crippen molar-refractivity contribution in [2.24, 2.45) is 0 Å². The summed E-state index contributed by atoms with van der Waals surface area (Å²) in [5, 5.41) is 0.313.